The number of pyridine rings is 1. The number of ether oxygens (including phenoxy) is 5. The van der Waals surface area contributed by atoms with Crippen LogP contribution in [0.5, 0.6) is 11.5 Å². The molecule has 3 rings (SSSR count). The molecule has 10 nitrogen and oxygen atoms in total. The summed E-state index contributed by atoms with van der Waals surface area (Å²) in [6.07, 6.45) is 3.57. The molecule has 11 heteroatoms. The molecule has 40 heavy (non-hydrogen) atoms. The Kier molecular flexibility index (Phi) is 11.7. The molecule has 0 aliphatic carbocycles. The van der Waals surface area contributed by atoms with Crippen molar-refractivity contribution in [3.63, 3.8) is 0 Å². The zero-order chi connectivity index (χ0) is 29.1. The van der Waals surface area contributed by atoms with Crippen LogP contribution < -0.4 is 14.8 Å². The van der Waals surface area contributed by atoms with Gasteiger partial charge in [-0.2, -0.15) is 0 Å². The van der Waals surface area contributed by atoms with Crippen molar-refractivity contribution >= 4 is 17.8 Å². The smallest absolute Gasteiger partial charge is 0.328 e. The summed E-state index contributed by atoms with van der Waals surface area (Å²) >= 11 is 0. The van der Waals surface area contributed by atoms with Gasteiger partial charge in [-0.3, -0.25) is 9.59 Å². The number of nitrogens with zero attached hydrogens (tertiary/aromatic N) is 1. The normalized spacial score (nSPS) is 21.3. The van der Waals surface area contributed by atoms with Gasteiger partial charge in [0.05, 0.1) is 13.2 Å². The summed E-state index contributed by atoms with van der Waals surface area (Å²) in [5, 5.41) is 2.72. The molecular formula is C29H37FN2O8. The molecule has 0 bridgehead atoms. The first-order valence-corrected chi connectivity index (χ1v) is 13.4. The van der Waals surface area contributed by atoms with Crippen LogP contribution >= 0.6 is 0 Å². The number of benzene rings is 1. The zero-order valence-electron chi connectivity index (χ0n) is 23.3. The Morgan fingerprint density at radius 3 is 2.60 bits per heavy atom. The second kappa shape index (κ2) is 15.2. The molecule has 0 radical (unpaired) electrons. The van der Waals surface area contributed by atoms with Crippen LogP contribution in [-0.2, 0) is 30.2 Å². The van der Waals surface area contributed by atoms with E-state index in [0.29, 0.717) is 32.3 Å². The van der Waals surface area contributed by atoms with Crippen LogP contribution in [0.25, 0.3) is 0 Å². The summed E-state index contributed by atoms with van der Waals surface area (Å²) in [7, 11) is 1.39. The number of carbonyl (C=O) groups excluding carboxylic acids is 3. The quantitative estimate of drug-likeness (QED) is 0.321. The van der Waals surface area contributed by atoms with Gasteiger partial charge >= 0.3 is 11.9 Å². The van der Waals surface area contributed by atoms with Crippen LogP contribution in [0.4, 0.5) is 4.39 Å². The van der Waals surface area contributed by atoms with Gasteiger partial charge in [-0.15, -0.1) is 0 Å². The van der Waals surface area contributed by atoms with Crippen LogP contribution in [0.2, 0.25) is 0 Å². The summed E-state index contributed by atoms with van der Waals surface area (Å²) in [6, 6.07) is 6.81. The van der Waals surface area contributed by atoms with Gasteiger partial charge in [-0.25, -0.2) is 14.2 Å². The first kappa shape index (κ1) is 30.8. The van der Waals surface area contributed by atoms with Crippen LogP contribution in [0.1, 0.15) is 62.5 Å². The first-order valence-electron chi connectivity index (χ1n) is 13.4. The third-order valence-electron chi connectivity index (χ3n) is 6.64. The molecule has 0 spiro atoms. The fourth-order valence-electron chi connectivity index (χ4n) is 4.60. The molecule has 1 aliphatic heterocycles. The lowest BCUT2D eigenvalue weighted by Gasteiger charge is -2.31. The first-order chi connectivity index (χ1) is 19.2. The molecule has 2 aromatic rings. The van der Waals surface area contributed by atoms with Crippen molar-refractivity contribution in [2.24, 2.45) is 5.92 Å². The van der Waals surface area contributed by atoms with E-state index in [1.807, 2.05) is 13.8 Å². The van der Waals surface area contributed by atoms with E-state index in [1.165, 1.54) is 38.4 Å². The number of cyclic esters (lactones) is 1. The summed E-state index contributed by atoms with van der Waals surface area (Å²) in [5.41, 5.74) is 0.777. The minimum Gasteiger partial charge on any atom is -0.493 e. The van der Waals surface area contributed by atoms with E-state index in [-0.39, 0.29) is 35.0 Å². The highest BCUT2D eigenvalue weighted by atomic mass is 19.1. The van der Waals surface area contributed by atoms with Crippen LogP contribution in [0.15, 0.2) is 36.5 Å². The average Bonchev–Trinajstić information content (AvgIpc) is 2.98. The zero-order valence-corrected chi connectivity index (χ0v) is 23.3. The van der Waals surface area contributed by atoms with E-state index in [9.17, 15) is 18.8 Å². The Balaban J connectivity index is 1.78. The van der Waals surface area contributed by atoms with Crippen molar-refractivity contribution in [3.05, 3.63) is 53.6 Å². The molecule has 1 amide bonds. The largest absolute Gasteiger partial charge is 0.493 e. The van der Waals surface area contributed by atoms with E-state index in [4.69, 9.17) is 23.7 Å². The Morgan fingerprint density at radius 1 is 1.18 bits per heavy atom. The lowest BCUT2D eigenvalue weighted by molar-refractivity contribution is -0.155. The number of carbonyl (C=O) groups is 3. The predicted octanol–water partition coefficient (Wildman–Crippen LogP) is 4.00. The van der Waals surface area contributed by atoms with Gasteiger partial charge in [-0.1, -0.05) is 19.1 Å². The van der Waals surface area contributed by atoms with Gasteiger partial charge in [0.15, 0.2) is 17.2 Å². The third kappa shape index (κ3) is 8.64. The van der Waals surface area contributed by atoms with Crippen molar-refractivity contribution in [1.82, 2.24) is 10.3 Å². The van der Waals surface area contributed by atoms with E-state index in [2.05, 4.69) is 10.3 Å². The van der Waals surface area contributed by atoms with Crippen molar-refractivity contribution < 1.29 is 42.5 Å². The molecule has 2 heterocycles. The van der Waals surface area contributed by atoms with Gasteiger partial charge in [0.2, 0.25) is 6.79 Å². The van der Waals surface area contributed by atoms with Crippen molar-refractivity contribution in [2.75, 3.05) is 20.5 Å². The highest BCUT2D eigenvalue weighted by molar-refractivity contribution is 5.98. The molecule has 1 aromatic carbocycles. The maximum Gasteiger partial charge on any atom is 0.328 e. The van der Waals surface area contributed by atoms with E-state index in [1.54, 1.807) is 12.1 Å². The fourth-order valence-corrected chi connectivity index (χ4v) is 4.60. The number of rotatable bonds is 11. The number of amides is 1. The van der Waals surface area contributed by atoms with E-state index < -0.39 is 36.8 Å². The van der Waals surface area contributed by atoms with Crippen molar-refractivity contribution in [1.29, 1.82) is 0 Å². The molecule has 1 saturated heterocycles. The van der Waals surface area contributed by atoms with Gasteiger partial charge < -0.3 is 29.0 Å². The molecule has 0 saturated carbocycles. The fraction of sp³-hybridized carbons (Fsp3) is 0.517. The monoisotopic (exact) mass is 560 g/mol. The summed E-state index contributed by atoms with van der Waals surface area (Å²) in [4.78, 5) is 41.8. The van der Waals surface area contributed by atoms with Crippen LogP contribution in [-0.4, -0.2) is 61.6 Å². The number of esters is 2. The molecule has 1 aromatic heterocycles. The van der Waals surface area contributed by atoms with Gasteiger partial charge in [-0.05, 0) is 56.7 Å². The minimum absolute atomic E-state index is 0.0269. The Hall–Kier alpha value is -3.73. The van der Waals surface area contributed by atoms with Crippen LogP contribution in [0, 0.1) is 11.7 Å². The lowest BCUT2D eigenvalue weighted by atomic mass is 9.87. The van der Waals surface area contributed by atoms with Crippen molar-refractivity contribution in [3.8, 4) is 11.5 Å². The van der Waals surface area contributed by atoms with Gasteiger partial charge in [0.25, 0.3) is 5.91 Å². The Bertz CT molecular complexity index is 1140. The van der Waals surface area contributed by atoms with E-state index >= 15 is 0 Å². The highest BCUT2D eigenvalue weighted by Gasteiger charge is 2.35. The summed E-state index contributed by atoms with van der Waals surface area (Å²) < 4.78 is 41.1. The molecule has 1 aliphatic rings. The molecule has 1 N–H and O–H groups in total. The maximum absolute atomic E-state index is 13.5. The number of nitrogens with one attached hydrogen (secondary N) is 1. The third-order valence-corrected chi connectivity index (χ3v) is 6.64. The molecule has 218 valence electrons. The number of halogens is 1. The predicted molar refractivity (Wildman–Crippen MR) is 142 cm³/mol. The highest BCUT2D eigenvalue weighted by Crippen LogP contribution is 2.31. The average molecular weight is 561 g/mol. The summed E-state index contributed by atoms with van der Waals surface area (Å²) in [5.74, 6) is -2.12. The van der Waals surface area contributed by atoms with Crippen molar-refractivity contribution in [2.45, 2.75) is 71.1 Å². The molecule has 4 atom stereocenters. The maximum atomic E-state index is 13.5. The standard InChI is InChI=1S/C29H37FN2O8/c1-5-15-37-24-8-6-7-23(29(35)40-18(2)22(24)16-20-9-11-21(30)12-10-20)32-28(34)26-27(39-17-38-19(3)33)25(36-4)13-14-31-26/h9-14,18,22-24H,5-8,15-17H2,1-4H3,(H,32,34)/t18-,22-,23?,24-/m0/s1. The van der Waals surface area contributed by atoms with E-state index in [0.717, 1.165) is 12.0 Å². The second-order valence-corrected chi connectivity index (χ2v) is 9.59. The number of hydrogen-bond donors (Lipinski definition) is 1. The Labute approximate surface area is 233 Å². The minimum atomic E-state index is -0.944. The van der Waals surface area contributed by atoms with Gasteiger partial charge in [0, 0.05) is 31.7 Å². The van der Waals surface area contributed by atoms with Gasteiger partial charge in [0.1, 0.15) is 18.0 Å². The molecular weight excluding hydrogens is 523 g/mol. The number of hydrogen-bond acceptors (Lipinski definition) is 9. The second-order valence-electron chi connectivity index (χ2n) is 9.59. The summed E-state index contributed by atoms with van der Waals surface area (Å²) in [6.45, 7) is 5.17. The number of aromatic nitrogens is 1. The van der Waals surface area contributed by atoms with Crippen LogP contribution in [0.3, 0.4) is 0 Å². The topological polar surface area (TPSA) is 122 Å². The molecule has 1 fully saturated rings. The lowest BCUT2D eigenvalue weighted by Crippen LogP contribution is -2.44. The Morgan fingerprint density at radius 2 is 1.93 bits per heavy atom. The SMILES string of the molecule is CCCO[C@H]1CCCC(NC(=O)c2nccc(OC)c2OCOC(C)=O)C(=O)O[C@@H](C)[C@@H]1Cc1ccc(F)cc1. The molecule has 1 unspecified atom stereocenters. The number of methoxy groups -OCH3 is 1.